The quantitative estimate of drug-likeness (QED) is 0.540. The average Bonchev–Trinajstić information content (AvgIpc) is 3.01. The molecule has 0 radical (unpaired) electrons. The summed E-state index contributed by atoms with van der Waals surface area (Å²) in [7, 11) is 0. The number of piperidine rings is 1. The normalized spacial score (nSPS) is 20.3. The molecular formula is C24H23FN2O5. The maximum Gasteiger partial charge on any atom is 0.338 e. The van der Waals surface area contributed by atoms with E-state index in [1.807, 2.05) is 0 Å². The van der Waals surface area contributed by atoms with Crippen LogP contribution in [0.25, 0.3) is 0 Å². The highest BCUT2D eigenvalue weighted by molar-refractivity contribution is 6.34. The van der Waals surface area contributed by atoms with Gasteiger partial charge in [-0.15, -0.1) is 0 Å². The summed E-state index contributed by atoms with van der Waals surface area (Å²) in [5.74, 6) is -1.88. The van der Waals surface area contributed by atoms with Gasteiger partial charge in [-0.05, 0) is 60.7 Å². The first-order valence-electron chi connectivity index (χ1n) is 10.5. The van der Waals surface area contributed by atoms with Crippen LogP contribution in [0.5, 0.6) is 0 Å². The lowest BCUT2D eigenvalue weighted by Gasteiger charge is -2.34. The number of carbonyl (C=O) groups is 4. The van der Waals surface area contributed by atoms with E-state index in [0.717, 1.165) is 23.5 Å². The summed E-state index contributed by atoms with van der Waals surface area (Å²) in [6, 6.07) is 9.03. The molecule has 2 aromatic carbocycles. The molecule has 0 saturated carbocycles. The third-order valence-electron chi connectivity index (χ3n) is 5.76. The molecule has 2 aromatic rings. The van der Waals surface area contributed by atoms with E-state index in [2.05, 4.69) is 13.8 Å². The van der Waals surface area contributed by atoms with Crippen LogP contribution in [0.1, 0.15) is 51.3 Å². The summed E-state index contributed by atoms with van der Waals surface area (Å²) in [6.45, 7) is 5.05. The van der Waals surface area contributed by atoms with Gasteiger partial charge in [0.2, 0.25) is 0 Å². The smallest absolute Gasteiger partial charge is 0.338 e. The highest BCUT2D eigenvalue weighted by Gasteiger charge is 2.37. The zero-order valence-electron chi connectivity index (χ0n) is 17.8. The van der Waals surface area contributed by atoms with Crippen molar-refractivity contribution in [3.05, 3.63) is 65.0 Å². The molecule has 8 heteroatoms. The number of hydrogen-bond donors (Lipinski definition) is 0. The minimum Gasteiger partial charge on any atom is -0.452 e. The van der Waals surface area contributed by atoms with Crippen molar-refractivity contribution in [3.63, 3.8) is 0 Å². The number of esters is 1. The van der Waals surface area contributed by atoms with Gasteiger partial charge in [0.25, 0.3) is 17.7 Å². The fourth-order valence-corrected chi connectivity index (χ4v) is 4.36. The van der Waals surface area contributed by atoms with Crippen molar-refractivity contribution in [3.8, 4) is 0 Å². The van der Waals surface area contributed by atoms with Gasteiger partial charge in [-0.3, -0.25) is 14.4 Å². The monoisotopic (exact) mass is 438 g/mol. The predicted molar refractivity (Wildman–Crippen MR) is 114 cm³/mol. The summed E-state index contributed by atoms with van der Waals surface area (Å²) in [5, 5.41) is 0. The van der Waals surface area contributed by atoms with Crippen molar-refractivity contribution in [1.82, 2.24) is 4.90 Å². The Labute approximate surface area is 184 Å². The van der Waals surface area contributed by atoms with E-state index >= 15 is 0 Å². The molecule has 32 heavy (non-hydrogen) atoms. The lowest BCUT2D eigenvalue weighted by molar-refractivity contribution is -0.137. The van der Waals surface area contributed by atoms with Gasteiger partial charge in [0.05, 0.1) is 22.4 Å². The molecule has 0 aromatic heterocycles. The van der Waals surface area contributed by atoms with Crippen LogP contribution in [-0.4, -0.2) is 48.3 Å². The Kier molecular flexibility index (Phi) is 5.78. The van der Waals surface area contributed by atoms with Gasteiger partial charge in [-0.1, -0.05) is 13.8 Å². The number of fused-ring (bicyclic) bond motifs is 1. The molecule has 166 valence electrons. The second kappa shape index (κ2) is 8.53. The Hall–Kier alpha value is -3.55. The van der Waals surface area contributed by atoms with Crippen LogP contribution < -0.4 is 4.90 Å². The van der Waals surface area contributed by atoms with Crippen molar-refractivity contribution in [2.75, 3.05) is 24.6 Å². The molecule has 0 unspecified atom stereocenters. The van der Waals surface area contributed by atoms with E-state index in [4.69, 9.17) is 4.74 Å². The lowest BCUT2D eigenvalue weighted by atomic mass is 9.92. The van der Waals surface area contributed by atoms with Gasteiger partial charge in [0, 0.05) is 13.1 Å². The average molecular weight is 438 g/mol. The van der Waals surface area contributed by atoms with E-state index in [1.165, 1.54) is 30.3 Å². The number of hydrogen-bond acceptors (Lipinski definition) is 5. The molecule has 2 aliphatic rings. The topological polar surface area (TPSA) is 84.0 Å². The fourth-order valence-electron chi connectivity index (χ4n) is 4.36. The molecule has 1 fully saturated rings. The van der Waals surface area contributed by atoms with Gasteiger partial charge in [0.1, 0.15) is 5.82 Å². The first-order chi connectivity index (χ1) is 15.2. The Morgan fingerprint density at radius 2 is 1.59 bits per heavy atom. The standard InChI is InChI=1S/C24H23FN2O5/c1-14-9-15(2)12-26(11-14)21(28)13-32-24(31)16-3-8-19-20(10-16)23(30)27(22(19)29)18-6-4-17(25)5-7-18/h3-8,10,14-15H,9,11-13H2,1-2H3/t14-,15-/m1/s1. The molecule has 4 rings (SSSR count). The molecule has 3 amide bonds. The fraction of sp³-hybridized carbons (Fsp3) is 0.333. The molecule has 2 heterocycles. The van der Waals surface area contributed by atoms with Crippen LogP contribution >= 0.6 is 0 Å². The van der Waals surface area contributed by atoms with Crippen molar-refractivity contribution < 1.29 is 28.3 Å². The summed E-state index contributed by atoms with van der Waals surface area (Å²) >= 11 is 0. The Morgan fingerprint density at radius 1 is 0.969 bits per heavy atom. The summed E-state index contributed by atoms with van der Waals surface area (Å²) in [4.78, 5) is 53.0. The van der Waals surface area contributed by atoms with E-state index in [9.17, 15) is 23.6 Å². The number of imide groups is 1. The van der Waals surface area contributed by atoms with Crippen LogP contribution in [0.3, 0.4) is 0 Å². The molecule has 2 aliphatic heterocycles. The number of benzene rings is 2. The largest absolute Gasteiger partial charge is 0.452 e. The van der Waals surface area contributed by atoms with E-state index in [1.54, 1.807) is 4.90 Å². The Morgan fingerprint density at radius 3 is 2.25 bits per heavy atom. The van der Waals surface area contributed by atoms with E-state index < -0.39 is 23.6 Å². The SMILES string of the molecule is C[C@@H]1C[C@@H](C)CN(C(=O)COC(=O)c2ccc3c(c2)C(=O)N(c2ccc(F)cc2)C3=O)C1. The number of nitrogens with zero attached hydrogens (tertiary/aromatic N) is 2. The van der Waals surface area contributed by atoms with Crippen LogP contribution in [-0.2, 0) is 9.53 Å². The molecule has 0 bridgehead atoms. The molecule has 0 N–H and O–H groups in total. The lowest BCUT2D eigenvalue weighted by Crippen LogP contribution is -2.44. The molecule has 0 spiro atoms. The summed E-state index contributed by atoms with van der Waals surface area (Å²) in [5.41, 5.74) is 0.498. The van der Waals surface area contributed by atoms with Gasteiger partial charge in [0.15, 0.2) is 6.61 Å². The van der Waals surface area contributed by atoms with Crippen molar-refractivity contribution in [2.24, 2.45) is 11.8 Å². The second-order valence-electron chi connectivity index (χ2n) is 8.50. The van der Waals surface area contributed by atoms with Crippen LogP contribution in [0.15, 0.2) is 42.5 Å². The number of ether oxygens (including phenoxy) is 1. The third kappa shape index (κ3) is 4.12. The molecular weight excluding hydrogens is 415 g/mol. The zero-order chi connectivity index (χ0) is 23.0. The number of amides is 3. The Balaban J connectivity index is 1.45. The highest BCUT2D eigenvalue weighted by Crippen LogP contribution is 2.29. The third-order valence-corrected chi connectivity index (χ3v) is 5.76. The van der Waals surface area contributed by atoms with Crippen LogP contribution in [0.4, 0.5) is 10.1 Å². The number of likely N-dealkylation sites (tertiary alicyclic amines) is 1. The van der Waals surface area contributed by atoms with Gasteiger partial charge in [-0.25, -0.2) is 14.1 Å². The zero-order valence-corrected chi connectivity index (χ0v) is 17.8. The number of halogens is 1. The minimum absolute atomic E-state index is 0.0544. The van der Waals surface area contributed by atoms with E-state index in [0.29, 0.717) is 24.9 Å². The van der Waals surface area contributed by atoms with Gasteiger partial charge >= 0.3 is 5.97 Å². The van der Waals surface area contributed by atoms with Crippen molar-refractivity contribution in [1.29, 1.82) is 0 Å². The predicted octanol–water partition coefficient (Wildman–Crippen LogP) is 3.29. The number of carbonyl (C=O) groups excluding carboxylic acids is 4. The number of rotatable bonds is 4. The second-order valence-corrected chi connectivity index (χ2v) is 8.50. The van der Waals surface area contributed by atoms with Gasteiger partial charge in [-0.2, -0.15) is 0 Å². The maximum atomic E-state index is 13.2. The highest BCUT2D eigenvalue weighted by atomic mass is 19.1. The first-order valence-corrected chi connectivity index (χ1v) is 10.5. The molecule has 2 atom stereocenters. The van der Waals surface area contributed by atoms with Gasteiger partial charge < -0.3 is 9.64 Å². The number of anilines is 1. The molecule has 7 nitrogen and oxygen atoms in total. The Bertz CT molecular complexity index is 1090. The van der Waals surface area contributed by atoms with E-state index in [-0.39, 0.29) is 34.9 Å². The van der Waals surface area contributed by atoms with Crippen LogP contribution in [0, 0.1) is 17.7 Å². The molecule has 1 saturated heterocycles. The first kappa shape index (κ1) is 21.7. The van der Waals surface area contributed by atoms with Crippen molar-refractivity contribution in [2.45, 2.75) is 20.3 Å². The molecule has 0 aliphatic carbocycles. The minimum atomic E-state index is -0.750. The summed E-state index contributed by atoms with van der Waals surface area (Å²) in [6.07, 6.45) is 1.06. The van der Waals surface area contributed by atoms with Crippen molar-refractivity contribution >= 4 is 29.4 Å². The van der Waals surface area contributed by atoms with Crippen LogP contribution in [0.2, 0.25) is 0 Å². The summed E-state index contributed by atoms with van der Waals surface area (Å²) < 4.78 is 18.4. The maximum absolute atomic E-state index is 13.2.